The number of allylic oxidation sites excluding steroid dienone is 1. The van der Waals surface area contributed by atoms with E-state index in [9.17, 15) is 4.79 Å². The highest BCUT2D eigenvalue weighted by Gasteiger charge is 2.09. The van der Waals surface area contributed by atoms with Gasteiger partial charge in [-0.1, -0.05) is 6.07 Å². The molecule has 0 aliphatic carbocycles. The highest BCUT2D eigenvalue weighted by atomic mass is 16.1. The van der Waals surface area contributed by atoms with Crippen LogP contribution in [-0.2, 0) is 11.2 Å². The molecule has 1 rings (SSSR count). The van der Waals surface area contributed by atoms with Gasteiger partial charge in [0.15, 0.2) is 0 Å². The Hall–Kier alpha value is -1.57. The van der Waals surface area contributed by atoms with E-state index in [1.807, 2.05) is 20.8 Å². The summed E-state index contributed by atoms with van der Waals surface area (Å²) in [4.78, 5) is 10.2. The molecule has 1 aromatic rings. The minimum absolute atomic E-state index is 0.565. The van der Waals surface area contributed by atoms with E-state index >= 15 is 0 Å². The van der Waals surface area contributed by atoms with Crippen LogP contribution in [0.1, 0.15) is 22.3 Å². The number of benzene rings is 1. The van der Waals surface area contributed by atoms with E-state index < -0.39 is 0 Å². The van der Waals surface area contributed by atoms with Gasteiger partial charge in [-0.2, -0.15) is 0 Å². The number of hydrogen-bond acceptors (Lipinski definition) is 3. The molecule has 0 fully saturated rings. The number of anilines is 1. The van der Waals surface area contributed by atoms with E-state index in [1.54, 1.807) is 5.94 Å². The molecule has 1 aromatic carbocycles. The van der Waals surface area contributed by atoms with E-state index in [0.29, 0.717) is 6.42 Å². The predicted molar refractivity (Wildman–Crippen MR) is 62.4 cm³/mol. The van der Waals surface area contributed by atoms with Gasteiger partial charge in [-0.25, -0.2) is 4.79 Å². The third-order valence-electron chi connectivity index (χ3n) is 2.71. The van der Waals surface area contributed by atoms with E-state index in [-0.39, 0.29) is 0 Å². The van der Waals surface area contributed by atoms with Gasteiger partial charge in [0.05, 0.1) is 5.69 Å². The molecule has 15 heavy (non-hydrogen) atoms. The molecular weight excluding hydrogens is 188 g/mol. The van der Waals surface area contributed by atoms with Gasteiger partial charge in [0.1, 0.15) is 5.94 Å². The van der Waals surface area contributed by atoms with Crippen LogP contribution in [0, 0.1) is 20.8 Å². The zero-order valence-corrected chi connectivity index (χ0v) is 9.35. The van der Waals surface area contributed by atoms with Gasteiger partial charge in [0, 0.05) is 12.5 Å². The Morgan fingerprint density at radius 3 is 2.60 bits per heavy atom. The molecule has 0 amide bonds. The summed E-state index contributed by atoms with van der Waals surface area (Å²) >= 11 is 0. The number of nitrogens with one attached hydrogen (secondary N) is 1. The van der Waals surface area contributed by atoms with Gasteiger partial charge in [0.2, 0.25) is 0 Å². The number of nitrogens with two attached hydrogens (primary N) is 1. The fourth-order valence-corrected chi connectivity index (χ4v) is 1.74. The second-order valence-electron chi connectivity index (χ2n) is 3.66. The van der Waals surface area contributed by atoms with Crippen molar-refractivity contribution in [3.63, 3.8) is 0 Å². The molecule has 0 saturated heterocycles. The smallest absolute Gasteiger partial charge is 0.120 e. The predicted octanol–water partition coefficient (Wildman–Crippen LogP) is 1.83. The summed E-state index contributed by atoms with van der Waals surface area (Å²) in [6, 6.07) is 2.10. The van der Waals surface area contributed by atoms with Crippen LogP contribution in [-0.4, -0.2) is 5.94 Å². The van der Waals surface area contributed by atoms with Crippen LogP contribution >= 0.6 is 0 Å². The van der Waals surface area contributed by atoms with Crippen molar-refractivity contribution in [1.29, 1.82) is 0 Å². The van der Waals surface area contributed by atoms with Crippen LogP contribution in [0.5, 0.6) is 0 Å². The van der Waals surface area contributed by atoms with Crippen LogP contribution in [0.4, 0.5) is 5.69 Å². The number of nitrogen functional groups attached to an aromatic ring is 1. The van der Waals surface area contributed by atoms with E-state index in [0.717, 1.165) is 22.4 Å². The van der Waals surface area contributed by atoms with E-state index in [2.05, 4.69) is 11.5 Å². The summed E-state index contributed by atoms with van der Waals surface area (Å²) in [6.45, 7) is 6.07. The lowest BCUT2D eigenvalue weighted by atomic mass is 9.96. The largest absolute Gasteiger partial charge is 0.324 e. The first-order chi connectivity index (χ1) is 7.11. The highest BCUT2D eigenvalue weighted by molar-refractivity contribution is 5.63. The molecule has 0 spiro atoms. The summed E-state index contributed by atoms with van der Waals surface area (Å²) < 4.78 is 0. The maximum Gasteiger partial charge on any atom is 0.120 e. The average molecular weight is 204 g/mol. The van der Waals surface area contributed by atoms with Crippen LogP contribution in [0.15, 0.2) is 12.1 Å². The van der Waals surface area contributed by atoms with Crippen molar-refractivity contribution in [3.05, 3.63) is 34.4 Å². The maximum atomic E-state index is 10.2. The van der Waals surface area contributed by atoms with Crippen molar-refractivity contribution in [1.82, 2.24) is 0 Å². The number of rotatable bonds is 3. The number of carbonyl (C=O) groups excluding carboxylic acids is 1. The molecule has 3 heteroatoms. The van der Waals surface area contributed by atoms with Crippen molar-refractivity contribution < 1.29 is 4.79 Å². The second kappa shape index (κ2) is 4.78. The Bertz CT molecular complexity index is 418. The lowest BCUT2D eigenvalue weighted by Gasteiger charge is -2.15. The number of hydrazine groups is 1. The van der Waals surface area contributed by atoms with Crippen molar-refractivity contribution in [2.75, 3.05) is 5.43 Å². The fraction of sp³-hybridized carbons (Fsp3) is 0.333. The molecule has 0 atom stereocenters. The minimum Gasteiger partial charge on any atom is -0.324 e. The van der Waals surface area contributed by atoms with Crippen LogP contribution < -0.4 is 11.3 Å². The van der Waals surface area contributed by atoms with Gasteiger partial charge >= 0.3 is 0 Å². The van der Waals surface area contributed by atoms with Crippen molar-refractivity contribution in [2.45, 2.75) is 27.2 Å². The number of hydrogen-bond donors (Lipinski definition) is 2. The summed E-state index contributed by atoms with van der Waals surface area (Å²) in [6.07, 6.45) is 2.04. The zero-order chi connectivity index (χ0) is 11.4. The molecule has 3 nitrogen and oxygen atoms in total. The summed E-state index contributed by atoms with van der Waals surface area (Å²) in [5, 5.41) is 0. The van der Waals surface area contributed by atoms with Crippen molar-refractivity contribution in [3.8, 4) is 0 Å². The SMILES string of the molecule is Cc1cc(C)c(CC=C=O)c(NN)c1C. The van der Waals surface area contributed by atoms with Crippen molar-refractivity contribution in [2.24, 2.45) is 5.84 Å². The molecule has 0 saturated carbocycles. The fourth-order valence-electron chi connectivity index (χ4n) is 1.74. The van der Waals surface area contributed by atoms with Crippen molar-refractivity contribution >= 4 is 11.6 Å². The summed E-state index contributed by atoms with van der Waals surface area (Å²) in [5.74, 6) is 7.28. The molecular formula is C12H16N2O. The zero-order valence-electron chi connectivity index (χ0n) is 9.35. The van der Waals surface area contributed by atoms with Gasteiger partial charge < -0.3 is 5.43 Å². The van der Waals surface area contributed by atoms with Gasteiger partial charge in [0.25, 0.3) is 0 Å². The molecule has 0 aliphatic rings. The minimum atomic E-state index is 0.565. The van der Waals surface area contributed by atoms with Crippen LogP contribution in [0.2, 0.25) is 0 Å². The Balaban J connectivity index is 3.34. The lowest BCUT2D eigenvalue weighted by molar-refractivity contribution is 0.568. The quantitative estimate of drug-likeness (QED) is 0.448. The van der Waals surface area contributed by atoms with E-state index in [1.165, 1.54) is 11.6 Å². The summed E-state index contributed by atoms with van der Waals surface area (Å²) in [7, 11) is 0. The third-order valence-corrected chi connectivity index (χ3v) is 2.71. The third kappa shape index (κ3) is 2.27. The Kier molecular flexibility index (Phi) is 3.67. The van der Waals surface area contributed by atoms with Crippen LogP contribution in [0.25, 0.3) is 0 Å². The first kappa shape index (κ1) is 11.5. The molecule has 0 bridgehead atoms. The van der Waals surface area contributed by atoms with Gasteiger partial charge in [-0.15, -0.1) is 0 Å². The maximum absolute atomic E-state index is 10.2. The van der Waals surface area contributed by atoms with E-state index in [4.69, 9.17) is 5.84 Å². The Labute approximate surface area is 90.0 Å². The molecule has 0 heterocycles. The van der Waals surface area contributed by atoms with Gasteiger partial charge in [-0.05, 0) is 43.0 Å². The molecule has 3 N–H and O–H groups in total. The Morgan fingerprint density at radius 1 is 1.40 bits per heavy atom. The molecule has 0 aromatic heterocycles. The molecule has 0 aliphatic heterocycles. The monoisotopic (exact) mass is 204 g/mol. The van der Waals surface area contributed by atoms with Gasteiger partial charge in [-0.3, -0.25) is 5.84 Å². The molecule has 0 radical (unpaired) electrons. The number of aryl methyl sites for hydroxylation is 2. The highest BCUT2D eigenvalue weighted by Crippen LogP contribution is 2.26. The standard InChI is InChI=1S/C12H16N2O/c1-8-7-9(2)11(5-4-6-15)12(14-13)10(8)3/h4,7,14H,5,13H2,1-3H3. The average Bonchev–Trinajstić information content (AvgIpc) is 2.21. The first-order valence-electron chi connectivity index (χ1n) is 4.87. The second-order valence-corrected chi connectivity index (χ2v) is 3.66. The first-order valence-corrected chi connectivity index (χ1v) is 4.87. The molecule has 0 unspecified atom stereocenters. The Morgan fingerprint density at radius 2 is 2.07 bits per heavy atom. The summed E-state index contributed by atoms with van der Waals surface area (Å²) in [5.41, 5.74) is 8.13. The normalized spacial score (nSPS) is 9.60. The topological polar surface area (TPSA) is 55.1 Å². The molecule has 80 valence electrons. The lowest BCUT2D eigenvalue weighted by Crippen LogP contribution is -2.12. The van der Waals surface area contributed by atoms with Crippen LogP contribution in [0.3, 0.4) is 0 Å².